The molecule has 0 saturated heterocycles. The first kappa shape index (κ1) is 10.6. The molecule has 0 heterocycles. The molecule has 0 aromatic carbocycles. The molecule has 0 fully saturated rings. The smallest absolute Gasteiger partial charge is 0.145 e. The van der Waals surface area contributed by atoms with Gasteiger partial charge in [0, 0.05) is 0 Å². The van der Waals surface area contributed by atoms with E-state index in [9.17, 15) is 4.21 Å². The average molecular weight is 199 g/mol. The van der Waals surface area contributed by atoms with Crippen molar-refractivity contribution in [1.29, 1.82) is 0 Å². The summed E-state index contributed by atoms with van der Waals surface area (Å²) >= 11 is 0. The molecule has 0 bridgehead atoms. The van der Waals surface area contributed by atoms with Crippen LogP contribution in [0.15, 0.2) is 16.5 Å². The Bertz CT molecular complexity index is 261. The van der Waals surface area contributed by atoms with Crippen LogP contribution in [0.25, 0.3) is 0 Å². The first-order valence-electron chi connectivity index (χ1n) is 4.66. The van der Waals surface area contributed by atoms with Crippen LogP contribution in [-0.4, -0.2) is 14.7 Å². The zero-order valence-corrected chi connectivity index (χ0v) is 9.36. The molecule has 1 aliphatic carbocycles. The Balaban J connectivity index is 2.70. The molecule has 0 radical (unpaired) electrons. The molecule has 0 saturated carbocycles. The second-order valence-corrected chi connectivity index (χ2v) is 6.14. The van der Waals surface area contributed by atoms with Crippen LogP contribution in [0.4, 0.5) is 0 Å². The summed E-state index contributed by atoms with van der Waals surface area (Å²) < 4.78 is 15.6. The van der Waals surface area contributed by atoms with Gasteiger partial charge in [0.1, 0.15) is 11.0 Å². The van der Waals surface area contributed by atoms with Gasteiger partial charge in [-0.1, -0.05) is 6.08 Å². The molecule has 1 atom stereocenters. The second kappa shape index (κ2) is 4.18. The van der Waals surface area contributed by atoms with Gasteiger partial charge in [-0.15, -0.1) is 0 Å². The Kier molecular flexibility index (Phi) is 3.42. The summed E-state index contributed by atoms with van der Waals surface area (Å²) in [6, 6.07) is 0. The van der Waals surface area contributed by atoms with Gasteiger partial charge in [0.25, 0.3) is 0 Å². The lowest BCUT2D eigenvalue weighted by Crippen LogP contribution is -2.20. The SMILES string of the molecule is CC(C)(C)S(=O)/N=C1\C=CCCC1. The lowest BCUT2D eigenvalue weighted by atomic mass is 10.1. The molecule has 0 amide bonds. The van der Waals surface area contributed by atoms with Gasteiger partial charge < -0.3 is 0 Å². The predicted octanol–water partition coefficient (Wildman–Crippen LogP) is 2.63. The quantitative estimate of drug-likeness (QED) is 0.638. The van der Waals surface area contributed by atoms with Gasteiger partial charge in [-0.25, -0.2) is 4.21 Å². The van der Waals surface area contributed by atoms with Crippen LogP contribution in [0.5, 0.6) is 0 Å². The minimum atomic E-state index is -1.10. The Morgan fingerprint density at radius 2 is 2.15 bits per heavy atom. The summed E-state index contributed by atoms with van der Waals surface area (Å²) in [7, 11) is -1.10. The van der Waals surface area contributed by atoms with Crippen molar-refractivity contribution in [1.82, 2.24) is 0 Å². The third-order valence-corrected chi connectivity index (χ3v) is 3.29. The Labute approximate surface area is 82.7 Å². The zero-order chi connectivity index (χ0) is 9.90. The van der Waals surface area contributed by atoms with E-state index in [2.05, 4.69) is 10.5 Å². The molecule has 74 valence electrons. The Hall–Kier alpha value is -0.440. The molecule has 2 nitrogen and oxygen atoms in total. The first-order valence-corrected chi connectivity index (χ1v) is 5.77. The summed E-state index contributed by atoms with van der Waals surface area (Å²) in [5, 5.41) is 0. The van der Waals surface area contributed by atoms with Crippen LogP contribution in [0.1, 0.15) is 40.0 Å². The minimum Gasteiger partial charge on any atom is -0.234 e. The zero-order valence-electron chi connectivity index (χ0n) is 8.54. The minimum absolute atomic E-state index is 0.238. The molecule has 1 rings (SSSR count). The van der Waals surface area contributed by atoms with Crippen molar-refractivity contribution in [2.24, 2.45) is 4.40 Å². The molecule has 1 aliphatic rings. The van der Waals surface area contributed by atoms with Crippen molar-refractivity contribution in [2.75, 3.05) is 0 Å². The van der Waals surface area contributed by atoms with Crippen LogP contribution < -0.4 is 0 Å². The highest BCUT2D eigenvalue weighted by molar-refractivity contribution is 7.85. The fraction of sp³-hybridized carbons (Fsp3) is 0.700. The molecule has 0 aliphatic heterocycles. The summed E-state index contributed by atoms with van der Waals surface area (Å²) in [5.41, 5.74) is 0.986. The normalized spacial score (nSPS) is 23.5. The summed E-state index contributed by atoms with van der Waals surface area (Å²) in [5.74, 6) is 0. The van der Waals surface area contributed by atoms with Crippen LogP contribution in [0.3, 0.4) is 0 Å². The molecule has 13 heavy (non-hydrogen) atoms. The van der Waals surface area contributed by atoms with Crippen LogP contribution in [0.2, 0.25) is 0 Å². The maximum atomic E-state index is 11.6. The molecule has 0 aromatic heterocycles. The van der Waals surface area contributed by atoms with Crippen LogP contribution in [-0.2, 0) is 11.0 Å². The topological polar surface area (TPSA) is 29.4 Å². The van der Waals surface area contributed by atoms with Gasteiger partial charge in [-0.2, -0.15) is 4.40 Å². The van der Waals surface area contributed by atoms with Gasteiger partial charge in [0.05, 0.1) is 10.5 Å². The van der Waals surface area contributed by atoms with Crippen molar-refractivity contribution >= 4 is 16.7 Å². The third kappa shape index (κ3) is 3.43. The molecule has 3 heteroatoms. The van der Waals surface area contributed by atoms with Crippen LogP contribution in [0, 0.1) is 0 Å². The van der Waals surface area contributed by atoms with E-state index in [0.29, 0.717) is 0 Å². The third-order valence-electron chi connectivity index (χ3n) is 1.84. The fourth-order valence-electron chi connectivity index (χ4n) is 1.02. The number of nitrogens with zero attached hydrogens (tertiary/aromatic N) is 1. The van der Waals surface area contributed by atoms with E-state index in [1.54, 1.807) is 0 Å². The van der Waals surface area contributed by atoms with E-state index < -0.39 is 11.0 Å². The van der Waals surface area contributed by atoms with E-state index in [4.69, 9.17) is 0 Å². The fourth-order valence-corrected chi connectivity index (χ4v) is 1.66. The molecule has 1 unspecified atom stereocenters. The van der Waals surface area contributed by atoms with E-state index in [1.165, 1.54) is 0 Å². The lowest BCUT2D eigenvalue weighted by molar-refractivity contribution is 0.650. The highest BCUT2D eigenvalue weighted by Gasteiger charge is 2.19. The van der Waals surface area contributed by atoms with Crippen molar-refractivity contribution < 1.29 is 4.21 Å². The number of hydrogen-bond acceptors (Lipinski definition) is 1. The van der Waals surface area contributed by atoms with Gasteiger partial charge in [-0.05, 0) is 46.1 Å². The largest absolute Gasteiger partial charge is 0.234 e. The molecule has 0 aromatic rings. The highest BCUT2D eigenvalue weighted by Crippen LogP contribution is 2.15. The standard InChI is InChI=1S/C10H17NOS/c1-10(2,3)13(12)11-9-7-5-4-6-8-9/h5,7H,4,6,8H2,1-3H3/b11-9+. The Morgan fingerprint density at radius 1 is 1.46 bits per heavy atom. The maximum Gasteiger partial charge on any atom is 0.145 e. The first-order chi connectivity index (χ1) is 6.00. The molecule has 0 N–H and O–H groups in total. The van der Waals surface area contributed by atoms with Crippen molar-refractivity contribution in [3.8, 4) is 0 Å². The van der Waals surface area contributed by atoms with Crippen LogP contribution >= 0.6 is 0 Å². The van der Waals surface area contributed by atoms with Crippen molar-refractivity contribution in [3.05, 3.63) is 12.2 Å². The molecular weight excluding hydrogens is 182 g/mol. The van der Waals surface area contributed by atoms with Gasteiger partial charge in [0.15, 0.2) is 0 Å². The molecular formula is C10H17NOS. The number of hydrogen-bond donors (Lipinski definition) is 0. The average Bonchev–Trinajstić information content (AvgIpc) is 2.04. The summed E-state index contributed by atoms with van der Waals surface area (Å²) in [4.78, 5) is 0. The molecule has 0 spiro atoms. The Morgan fingerprint density at radius 3 is 2.62 bits per heavy atom. The van der Waals surface area contributed by atoms with Gasteiger partial charge in [-0.3, -0.25) is 0 Å². The van der Waals surface area contributed by atoms with E-state index in [1.807, 2.05) is 26.8 Å². The highest BCUT2D eigenvalue weighted by atomic mass is 32.2. The van der Waals surface area contributed by atoms with Gasteiger partial charge >= 0.3 is 0 Å². The van der Waals surface area contributed by atoms with E-state index in [-0.39, 0.29) is 4.75 Å². The lowest BCUT2D eigenvalue weighted by Gasteiger charge is -2.15. The van der Waals surface area contributed by atoms with Crippen molar-refractivity contribution in [2.45, 2.75) is 44.8 Å². The summed E-state index contributed by atoms with van der Waals surface area (Å²) in [6.07, 6.45) is 7.32. The monoisotopic (exact) mass is 199 g/mol. The number of allylic oxidation sites excluding steroid dienone is 2. The predicted molar refractivity (Wildman–Crippen MR) is 58.3 cm³/mol. The summed E-state index contributed by atoms with van der Waals surface area (Å²) in [6.45, 7) is 5.83. The van der Waals surface area contributed by atoms with E-state index >= 15 is 0 Å². The number of rotatable bonds is 1. The van der Waals surface area contributed by atoms with Crippen molar-refractivity contribution in [3.63, 3.8) is 0 Å². The maximum absolute atomic E-state index is 11.6. The second-order valence-electron chi connectivity index (χ2n) is 4.24. The van der Waals surface area contributed by atoms with E-state index in [0.717, 1.165) is 25.0 Å². The van der Waals surface area contributed by atoms with Gasteiger partial charge in [0.2, 0.25) is 0 Å².